The van der Waals surface area contributed by atoms with Crippen molar-refractivity contribution in [1.29, 1.82) is 0 Å². The summed E-state index contributed by atoms with van der Waals surface area (Å²) < 4.78 is 5.98. The summed E-state index contributed by atoms with van der Waals surface area (Å²) in [6, 6.07) is 1.77. The first kappa shape index (κ1) is 14.1. The fraction of sp³-hybridized carbons (Fsp3) is 0.364. The lowest BCUT2D eigenvalue weighted by Gasteiger charge is -2.16. The van der Waals surface area contributed by atoms with Gasteiger partial charge in [-0.15, -0.1) is 16.4 Å². The molecule has 0 bridgehead atoms. The number of methoxy groups -OCH3 is 1. The number of thiophene rings is 1. The van der Waals surface area contributed by atoms with E-state index in [9.17, 15) is 9.59 Å². The smallest absolute Gasteiger partial charge is 0.307 e. The van der Waals surface area contributed by atoms with E-state index in [0.29, 0.717) is 17.1 Å². The molecule has 0 saturated heterocycles. The number of rotatable bonds is 5. The SMILES string of the molecule is COC(=O)CCN(C)C(=O)c1sccc1-n1cnnn1. The summed E-state index contributed by atoms with van der Waals surface area (Å²) >= 11 is 1.30. The van der Waals surface area contributed by atoms with Crippen LogP contribution >= 0.6 is 11.3 Å². The van der Waals surface area contributed by atoms with E-state index in [0.717, 1.165) is 0 Å². The fourth-order valence-electron chi connectivity index (χ4n) is 1.55. The Morgan fingerprint density at radius 2 is 2.30 bits per heavy atom. The van der Waals surface area contributed by atoms with Crippen LogP contribution in [0.2, 0.25) is 0 Å². The van der Waals surface area contributed by atoms with Gasteiger partial charge in [0, 0.05) is 13.6 Å². The molecular formula is C11H13N5O3S. The fourth-order valence-corrected chi connectivity index (χ4v) is 2.42. The maximum Gasteiger partial charge on any atom is 0.307 e. The number of aromatic nitrogens is 4. The van der Waals surface area contributed by atoms with Crippen molar-refractivity contribution in [2.75, 3.05) is 20.7 Å². The molecule has 0 aliphatic carbocycles. The predicted molar refractivity (Wildman–Crippen MR) is 70.6 cm³/mol. The zero-order chi connectivity index (χ0) is 14.5. The third kappa shape index (κ3) is 2.99. The van der Waals surface area contributed by atoms with Crippen molar-refractivity contribution in [3.63, 3.8) is 0 Å². The first-order chi connectivity index (χ1) is 9.63. The molecule has 0 atom stereocenters. The molecule has 106 valence electrons. The summed E-state index contributed by atoms with van der Waals surface area (Å²) in [5, 5.41) is 12.6. The molecule has 0 spiro atoms. The quantitative estimate of drug-likeness (QED) is 0.740. The zero-order valence-corrected chi connectivity index (χ0v) is 11.8. The van der Waals surface area contributed by atoms with Gasteiger partial charge >= 0.3 is 5.97 Å². The number of carbonyl (C=O) groups is 2. The molecule has 0 saturated carbocycles. The molecule has 0 unspecified atom stereocenters. The molecule has 0 radical (unpaired) electrons. The van der Waals surface area contributed by atoms with Gasteiger partial charge in [0.05, 0.1) is 19.2 Å². The Kier molecular flexibility index (Phi) is 4.41. The summed E-state index contributed by atoms with van der Waals surface area (Å²) in [6.45, 7) is 0.290. The minimum Gasteiger partial charge on any atom is -0.469 e. The van der Waals surface area contributed by atoms with Crippen LogP contribution in [0.1, 0.15) is 16.1 Å². The van der Waals surface area contributed by atoms with Crippen molar-refractivity contribution in [2.45, 2.75) is 6.42 Å². The first-order valence-electron chi connectivity index (χ1n) is 5.76. The van der Waals surface area contributed by atoms with Crippen molar-refractivity contribution in [3.05, 3.63) is 22.7 Å². The topological polar surface area (TPSA) is 90.2 Å². The maximum absolute atomic E-state index is 12.3. The van der Waals surface area contributed by atoms with Crippen molar-refractivity contribution in [3.8, 4) is 5.69 Å². The van der Waals surface area contributed by atoms with Crippen LogP contribution in [0.4, 0.5) is 0 Å². The minimum atomic E-state index is -0.350. The molecular weight excluding hydrogens is 282 g/mol. The second kappa shape index (κ2) is 6.24. The van der Waals surface area contributed by atoms with Crippen LogP contribution in [0.5, 0.6) is 0 Å². The van der Waals surface area contributed by atoms with Crippen molar-refractivity contribution < 1.29 is 14.3 Å². The normalized spacial score (nSPS) is 10.3. The molecule has 2 aromatic rings. The highest BCUT2D eigenvalue weighted by Gasteiger charge is 2.19. The molecule has 0 fully saturated rings. The second-order valence-corrected chi connectivity index (χ2v) is 4.86. The number of ether oxygens (including phenoxy) is 1. The van der Waals surface area contributed by atoms with Crippen LogP contribution in [0, 0.1) is 0 Å². The van der Waals surface area contributed by atoms with E-state index in [2.05, 4.69) is 20.3 Å². The van der Waals surface area contributed by atoms with E-state index in [1.807, 2.05) is 0 Å². The highest BCUT2D eigenvalue weighted by molar-refractivity contribution is 7.12. The Bertz CT molecular complexity index is 595. The van der Waals surface area contributed by atoms with Crippen LogP contribution < -0.4 is 0 Å². The van der Waals surface area contributed by atoms with Gasteiger partial charge in [0.15, 0.2) is 0 Å². The van der Waals surface area contributed by atoms with E-state index in [1.54, 1.807) is 18.5 Å². The Morgan fingerprint density at radius 1 is 1.50 bits per heavy atom. The van der Waals surface area contributed by atoms with Gasteiger partial charge < -0.3 is 9.64 Å². The highest BCUT2D eigenvalue weighted by atomic mass is 32.1. The van der Waals surface area contributed by atoms with E-state index in [-0.39, 0.29) is 18.3 Å². The number of amides is 1. The molecule has 2 rings (SSSR count). The standard InChI is InChI=1S/C11H13N5O3S/c1-15(5-3-9(17)19-2)11(18)10-8(4-6-20-10)16-7-12-13-14-16/h4,6-7H,3,5H2,1-2H3. The summed E-state index contributed by atoms with van der Waals surface area (Å²) in [5.74, 6) is -0.536. The minimum absolute atomic E-state index is 0.157. The Labute approximate surface area is 118 Å². The summed E-state index contributed by atoms with van der Waals surface area (Å²) in [6.07, 6.45) is 1.58. The number of nitrogens with zero attached hydrogens (tertiary/aromatic N) is 5. The molecule has 2 aromatic heterocycles. The lowest BCUT2D eigenvalue weighted by Crippen LogP contribution is -2.29. The van der Waals surface area contributed by atoms with Crippen LogP contribution in [0.3, 0.4) is 0 Å². The number of esters is 1. The monoisotopic (exact) mass is 295 g/mol. The van der Waals surface area contributed by atoms with E-state index in [4.69, 9.17) is 0 Å². The summed E-state index contributed by atoms with van der Waals surface area (Å²) in [7, 11) is 2.95. The van der Waals surface area contributed by atoms with Gasteiger partial charge in [0.25, 0.3) is 5.91 Å². The maximum atomic E-state index is 12.3. The van der Waals surface area contributed by atoms with Gasteiger partial charge in [-0.1, -0.05) is 0 Å². The average molecular weight is 295 g/mol. The van der Waals surface area contributed by atoms with Crippen LogP contribution in [0.15, 0.2) is 17.8 Å². The predicted octanol–water partition coefficient (Wildman–Crippen LogP) is 0.359. The van der Waals surface area contributed by atoms with E-state index >= 15 is 0 Å². The van der Waals surface area contributed by atoms with Gasteiger partial charge in [-0.3, -0.25) is 9.59 Å². The largest absolute Gasteiger partial charge is 0.469 e. The first-order valence-corrected chi connectivity index (χ1v) is 6.64. The number of hydrogen-bond donors (Lipinski definition) is 0. The van der Waals surface area contributed by atoms with Crippen LogP contribution in [0.25, 0.3) is 5.69 Å². The number of tetrazole rings is 1. The third-order valence-corrected chi connectivity index (χ3v) is 3.55. The Hall–Kier alpha value is -2.29. The molecule has 0 aromatic carbocycles. The molecule has 20 heavy (non-hydrogen) atoms. The van der Waals surface area contributed by atoms with Crippen molar-refractivity contribution >= 4 is 23.2 Å². The summed E-state index contributed by atoms with van der Waals surface area (Å²) in [4.78, 5) is 25.4. The van der Waals surface area contributed by atoms with Gasteiger partial charge in [-0.2, -0.15) is 4.68 Å². The molecule has 1 amide bonds. The average Bonchev–Trinajstić information content (AvgIpc) is 3.12. The number of hydrogen-bond acceptors (Lipinski definition) is 7. The van der Waals surface area contributed by atoms with Crippen LogP contribution in [-0.2, 0) is 9.53 Å². The van der Waals surface area contributed by atoms with E-state index in [1.165, 1.54) is 34.4 Å². The molecule has 0 N–H and O–H groups in total. The van der Waals surface area contributed by atoms with Gasteiger partial charge in [-0.25, -0.2) is 0 Å². The molecule has 9 heteroatoms. The van der Waals surface area contributed by atoms with Gasteiger partial charge in [0.1, 0.15) is 11.2 Å². The molecule has 0 aliphatic heterocycles. The highest BCUT2D eigenvalue weighted by Crippen LogP contribution is 2.21. The molecule has 2 heterocycles. The molecule has 8 nitrogen and oxygen atoms in total. The third-order valence-electron chi connectivity index (χ3n) is 2.66. The van der Waals surface area contributed by atoms with Crippen molar-refractivity contribution in [1.82, 2.24) is 25.1 Å². The van der Waals surface area contributed by atoms with Gasteiger partial charge in [0.2, 0.25) is 0 Å². The Morgan fingerprint density at radius 3 is 2.95 bits per heavy atom. The van der Waals surface area contributed by atoms with Gasteiger partial charge in [-0.05, 0) is 21.9 Å². The zero-order valence-electron chi connectivity index (χ0n) is 11.0. The lowest BCUT2D eigenvalue weighted by atomic mass is 10.3. The Balaban J connectivity index is 2.10. The number of carbonyl (C=O) groups excluding carboxylic acids is 2. The molecule has 0 aliphatic rings. The van der Waals surface area contributed by atoms with E-state index < -0.39 is 0 Å². The van der Waals surface area contributed by atoms with Crippen LogP contribution in [-0.4, -0.2) is 57.7 Å². The van der Waals surface area contributed by atoms with Crippen molar-refractivity contribution in [2.24, 2.45) is 0 Å². The lowest BCUT2D eigenvalue weighted by molar-refractivity contribution is -0.140. The second-order valence-electron chi connectivity index (χ2n) is 3.94. The summed E-state index contributed by atoms with van der Waals surface area (Å²) in [5.41, 5.74) is 0.620.